The zero-order valence-electron chi connectivity index (χ0n) is 25.5. The molecular formula is C33H44ClFN4O4S. The number of nitrogens with two attached hydrogens (primary N) is 1. The Morgan fingerprint density at radius 3 is 2.68 bits per heavy atom. The molecule has 240 valence electrons. The first-order valence-corrected chi connectivity index (χ1v) is 18.0. The smallest absolute Gasteiger partial charge is 0.241 e. The lowest BCUT2D eigenvalue weighted by Gasteiger charge is -2.38. The number of sulfonamides is 1. The van der Waals surface area contributed by atoms with Crippen LogP contribution in [0.4, 0.5) is 10.1 Å². The number of fused-ring (bicyclic) bond motifs is 4. The van der Waals surface area contributed by atoms with Crippen LogP contribution in [0.1, 0.15) is 63.0 Å². The second-order valence-electron chi connectivity index (χ2n) is 13.3. The minimum atomic E-state index is -3.35. The number of piperazine rings is 1. The fraction of sp³-hybridized carbons (Fsp3) is 0.606. The molecule has 4 aliphatic rings. The molecule has 6 rings (SSSR count). The van der Waals surface area contributed by atoms with Crippen molar-refractivity contribution in [2.75, 3.05) is 30.8 Å². The van der Waals surface area contributed by atoms with Crippen LogP contribution >= 0.6 is 11.6 Å². The summed E-state index contributed by atoms with van der Waals surface area (Å²) >= 11 is 6.19. The average Bonchev–Trinajstić information content (AvgIpc) is 3.81. The van der Waals surface area contributed by atoms with Gasteiger partial charge in [0.2, 0.25) is 15.9 Å². The van der Waals surface area contributed by atoms with Gasteiger partial charge in [0, 0.05) is 60.0 Å². The summed E-state index contributed by atoms with van der Waals surface area (Å²) in [5, 5.41) is 3.57. The Morgan fingerprint density at radius 1 is 1.16 bits per heavy atom. The molecule has 9 atom stereocenters. The average molecular weight is 647 g/mol. The van der Waals surface area contributed by atoms with E-state index < -0.39 is 21.9 Å². The van der Waals surface area contributed by atoms with E-state index in [2.05, 4.69) is 24.1 Å². The summed E-state index contributed by atoms with van der Waals surface area (Å²) in [4.78, 5) is 16.2. The fourth-order valence-corrected chi connectivity index (χ4v) is 9.76. The first-order valence-electron chi connectivity index (χ1n) is 16.0. The molecule has 0 saturated carbocycles. The number of nitrogens with zero attached hydrogens (tertiary/aromatic N) is 2. The molecule has 0 aromatic heterocycles. The van der Waals surface area contributed by atoms with Gasteiger partial charge in [0.05, 0.1) is 17.9 Å². The van der Waals surface area contributed by atoms with Crippen molar-refractivity contribution >= 4 is 33.2 Å². The molecule has 4 fully saturated rings. The number of amides is 1. The van der Waals surface area contributed by atoms with Crippen LogP contribution in [0.2, 0.25) is 5.02 Å². The van der Waals surface area contributed by atoms with Gasteiger partial charge in [0.25, 0.3) is 0 Å². The zero-order chi connectivity index (χ0) is 31.2. The molecule has 0 radical (unpaired) electrons. The third-order valence-electron chi connectivity index (χ3n) is 10.3. The van der Waals surface area contributed by atoms with E-state index in [1.807, 2.05) is 24.3 Å². The van der Waals surface area contributed by atoms with E-state index in [4.69, 9.17) is 22.1 Å². The van der Waals surface area contributed by atoms with Crippen molar-refractivity contribution in [1.82, 2.24) is 9.21 Å². The predicted molar refractivity (Wildman–Crippen MR) is 171 cm³/mol. The molecule has 3 N–H and O–H groups in total. The van der Waals surface area contributed by atoms with Gasteiger partial charge in [0.15, 0.2) is 0 Å². The van der Waals surface area contributed by atoms with E-state index in [9.17, 15) is 13.2 Å². The number of carbonyl (C=O) groups excluding carboxylic acids is 1. The quantitative estimate of drug-likeness (QED) is 0.381. The molecule has 2 aromatic rings. The Hall–Kier alpha value is -2.08. The molecule has 4 saturated heterocycles. The van der Waals surface area contributed by atoms with Gasteiger partial charge in [-0.25, -0.2) is 12.8 Å². The van der Waals surface area contributed by atoms with Gasteiger partial charge in [-0.15, -0.1) is 0 Å². The summed E-state index contributed by atoms with van der Waals surface area (Å²) in [6.07, 6.45) is 4.01. The van der Waals surface area contributed by atoms with Crippen LogP contribution < -0.4 is 11.1 Å². The summed E-state index contributed by atoms with van der Waals surface area (Å²) in [7, 11) is -3.35. The Morgan fingerprint density at radius 2 is 1.93 bits per heavy atom. The molecule has 0 aliphatic carbocycles. The monoisotopic (exact) mass is 646 g/mol. The van der Waals surface area contributed by atoms with Crippen LogP contribution in [0.15, 0.2) is 42.5 Å². The van der Waals surface area contributed by atoms with Gasteiger partial charge in [-0.3, -0.25) is 9.69 Å². The van der Waals surface area contributed by atoms with Crippen LogP contribution in [0.3, 0.4) is 0 Å². The Bertz CT molecular complexity index is 1460. The maximum absolute atomic E-state index is 15.4. The molecular weight excluding hydrogens is 603 g/mol. The standard InChI is InChI=1S/C33H44ClFN4O4S/c1-20(2)30-17-22(14-15-43-30)31(21-8-10-23(34)11-9-21)32(36)33(40)37-27-7-3-6-26(35)25(27)12-13-28-29-19-38(29)24-5-4-16-44(41,42)39(28)18-24/h3,6-11,20,22,24,28-32H,4-5,12-19,36H2,1-2H3,(H,37,40)/t22?,24?,28?,29?,30?,31-,32-,38?/m0/s1. The zero-order valence-corrected chi connectivity index (χ0v) is 27.1. The highest BCUT2D eigenvalue weighted by Crippen LogP contribution is 2.41. The molecule has 0 spiro atoms. The predicted octanol–water partition coefficient (Wildman–Crippen LogP) is 4.77. The topological polar surface area (TPSA) is 105 Å². The van der Waals surface area contributed by atoms with Crippen LogP contribution in [0.25, 0.3) is 0 Å². The largest absolute Gasteiger partial charge is 0.378 e. The molecule has 1 amide bonds. The van der Waals surface area contributed by atoms with Gasteiger partial charge in [-0.2, -0.15) is 4.31 Å². The van der Waals surface area contributed by atoms with E-state index in [0.29, 0.717) is 54.6 Å². The summed E-state index contributed by atoms with van der Waals surface area (Å²) in [6, 6.07) is 11.5. The molecule has 2 bridgehead atoms. The van der Waals surface area contributed by atoms with Crippen molar-refractivity contribution in [3.05, 3.63) is 64.4 Å². The molecule has 4 aliphatic heterocycles. The van der Waals surface area contributed by atoms with Crippen molar-refractivity contribution in [3.8, 4) is 0 Å². The van der Waals surface area contributed by atoms with E-state index in [1.54, 1.807) is 16.4 Å². The molecule has 4 heterocycles. The van der Waals surface area contributed by atoms with Crippen LogP contribution in [-0.4, -0.2) is 79.3 Å². The second-order valence-corrected chi connectivity index (χ2v) is 15.8. The Balaban J connectivity index is 1.21. The van der Waals surface area contributed by atoms with E-state index >= 15 is 4.39 Å². The summed E-state index contributed by atoms with van der Waals surface area (Å²) in [6.45, 7) is 6.27. The third-order valence-corrected chi connectivity index (χ3v) is 12.5. The third kappa shape index (κ3) is 6.57. The van der Waals surface area contributed by atoms with Gasteiger partial charge in [-0.05, 0) is 80.2 Å². The number of anilines is 1. The summed E-state index contributed by atoms with van der Waals surface area (Å²) < 4.78 is 49.2. The van der Waals surface area contributed by atoms with E-state index in [1.165, 1.54) is 6.07 Å². The van der Waals surface area contributed by atoms with Gasteiger partial charge < -0.3 is 15.8 Å². The minimum absolute atomic E-state index is 0.0825. The van der Waals surface area contributed by atoms with Crippen LogP contribution in [0.5, 0.6) is 0 Å². The number of benzene rings is 2. The van der Waals surface area contributed by atoms with Gasteiger partial charge in [-0.1, -0.05) is 43.6 Å². The lowest BCUT2D eigenvalue weighted by atomic mass is 9.74. The van der Waals surface area contributed by atoms with E-state index in [0.717, 1.165) is 31.4 Å². The van der Waals surface area contributed by atoms with Crippen molar-refractivity contribution < 1.29 is 22.3 Å². The first-order chi connectivity index (χ1) is 21.0. The van der Waals surface area contributed by atoms with Crippen LogP contribution in [-0.2, 0) is 26.0 Å². The number of carbonyl (C=O) groups is 1. The van der Waals surface area contributed by atoms with Gasteiger partial charge in [0.1, 0.15) is 5.82 Å². The number of hydrogen-bond donors (Lipinski definition) is 2. The lowest BCUT2D eigenvalue weighted by molar-refractivity contribution is -0.118. The van der Waals surface area contributed by atoms with Crippen molar-refractivity contribution in [2.24, 2.45) is 17.6 Å². The number of halogens is 2. The maximum atomic E-state index is 15.4. The Labute approximate surface area is 265 Å². The lowest BCUT2D eigenvalue weighted by Crippen LogP contribution is -2.53. The van der Waals surface area contributed by atoms with Crippen molar-refractivity contribution in [2.45, 2.75) is 88.6 Å². The summed E-state index contributed by atoms with van der Waals surface area (Å²) in [5.41, 5.74) is 8.48. The highest BCUT2D eigenvalue weighted by atomic mass is 35.5. The highest BCUT2D eigenvalue weighted by molar-refractivity contribution is 7.89. The number of nitrogens with one attached hydrogen (secondary N) is 1. The van der Waals surface area contributed by atoms with Crippen molar-refractivity contribution in [1.29, 1.82) is 0 Å². The molecule has 8 nitrogen and oxygen atoms in total. The number of ether oxygens (including phenoxy) is 1. The minimum Gasteiger partial charge on any atom is -0.378 e. The normalized spacial score (nSPS) is 32.3. The molecule has 44 heavy (non-hydrogen) atoms. The van der Waals surface area contributed by atoms with E-state index in [-0.39, 0.29) is 47.7 Å². The number of hydrogen-bond acceptors (Lipinski definition) is 6. The van der Waals surface area contributed by atoms with Gasteiger partial charge >= 0.3 is 0 Å². The Kier molecular flexibility index (Phi) is 9.40. The second kappa shape index (κ2) is 13.0. The maximum Gasteiger partial charge on any atom is 0.241 e. The molecule has 2 aromatic carbocycles. The van der Waals surface area contributed by atoms with Crippen molar-refractivity contribution in [3.63, 3.8) is 0 Å². The first kappa shape index (κ1) is 31.9. The summed E-state index contributed by atoms with van der Waals surface area (Å²) in [5.74, 6) is -0.455. The highest BCUT2D eigenvalue weighted by Gasteiger charge is 2.55. The number of rotatable bonds is 9. The van der Waals surface area contributed by atoms with Crippen LogP contribution in [0, 0.1) is 17.7 Å². The molecule has 7 unspecified atom stereocenters. The SMILES string of the molecule is CC(C)C1CC([C@H](c2ccc(Cl)cc2)[C@H](N)C(=O)Nc2cccc(F)c2CCC2C3CN3C3CCCS(=O)(=O)N2C3)CCO1. The molecule has 11 heteroatoms. The fourth-order valence-electron chi connectivity index (χ4n) is 7.81.